The number of nitrogens with zero attached hydrogens (tertiary/aromatic N) is 1. The van der Waals surface area contributed by atoms with Gasteiger partial charge in [0.15, 0.2) is 0 Å². The fourth-order valence-electron chi connectivity index (χ4n) is 2.48. The highest BCUT2D eigenvalue weighted by molar-refractivity contribution is 7.93. The molecule has 0 bridgehead atoms. The van der Waals surface area contributed by atoms with E-state index in [9.17, 15) is 13.2 Å². The molecule has 1 aliphatic rings. The van der Waals surface area contributed by atoms with Crippen LogP contribution in [0.2, 0.25) is 8.67 Å². The SMILES string of the molecule is NC(=O)[C@@H]1Cc2ccccc2N1S(=O)(=O)c1cc(Cl)sc1Cl. The molecular formula is C13H10Cl2N2O3S2. The summed E-state index contributed by atoms with van der Waals surface area (Å²) in [6.45, 7) is 0. The Morgan fingerprint density at radius 2 is 2.00 bits per heavy atom. The number of fused-ring (bicyclic) bond motifs is 1. The van der Waals surface area contributed by atoms with Crippen LogP contribution < -0.4 is 10.0 Å². The lowest BCUT2D eigenvalue weighted by Crippen LogP contribution is -2.45. The smallest absolute Gasteiger partial charge is 0.267 e. The second kappa shape index (κ2) is 5.42. The number of hydrogen-bond acceptors (Lipinski definition) is 4. The van der Waals surface area contributed by atoms with Crippen molar-refractivity contribution in [2.45, 2.75) is 17.4 Å². The monoisotopic (exact) mass is 376 g/mol. The van der Waals surface area contributed by atoms with Crippen LogP contribution in [0.5, 0.6) is 0 Å². The number of anilines is 1. The fourth-order valence-corrected chi connectivity index (χ4v) is 6.25. The molecule has 1 aliphatic heterocycles. The number of amides is 1. The number of primary amides is 1. The molecule has 2 heterocycles. The minimum atomic E-state index is -4.03. The van der Waals surface area contributed by atoms with Crippen LogP contribution in [0.15, 0.2) is 35.2 Å². The molecule has 1 atom stereocenters. The number of benzene rings is 1. The maximum atomic E-state index is 12.9. The van der Waals surface area contributed by atoms with Gasteiger partial charge >= 0.3 is 0 Å². The summed E-state index contributed by atoms with van der Waals surface area (Å²) < 4.78 is 27.2. The Morgan fingerprint density at radius 3 is 2.59 bits per heavy atom. The summed E-state index contributed by atoms with van der Waals surface area (Å²) >= 11 is 12.8. The fraction of sp³-hybridized carbons (Fsp3) is 0.154. The number of para-hydroxylation sites is 1. The van der Waals surface area contributed by atoms with Gasteiger partial charge in [-0.15, -0.1) is 11.3 Å². The van der Waals surface area contributed by atoms with Crippen molar-refractivity contribution >= 4 is 56.2 Å². The molecular weight excluding hydrogens is 367 g/mol. The maximum absolute atomic E-state index is 12.9. The van der Waals surface area contributed by atoms with Crippen molar-refractivity contribution in [1.82, 2.24) is 0 Å². The molecule has 0 aliphatic carbocycles. The Balaban J connectivity index is 2.19. The zero-order chi connectivity index (χ0) is 16.1. The predicted octanol–water partition coefficient (Wildman–Crippen LogP) is 2.66. The number of nitrogens with two attached hydrogens (primary N) is 1. The number of rotatable bonds is 3. The summed E-state index contributed by atoms with van der Waals surface area (Å²) in [4.78, 5) is 11.6. The van der Waals surface area contributed by atoms with Crippen molar-refractivity contribution in [3.63, 3.8) is 0 Å². The highest BCUT2D eigenvalue weighted by Crippen LogP contribution is 2.41. The summed E-state index contributed by atoms with van der Waals surface area (Å²) in [5.74, 6) is -0.711. The Labute approximate surface area is 141 Å². The lowest BCUT2D eigenvalue weighted by Gasteiger charge is -2.24. The minimum absolute atomic E-state index is 0.0533. The van der Waals surface area contributed by atoms with E-state index < -0.39 is 22.0 Å². The minimum Gasteiger partial charge on any atom is -0.368 e. The van der Waals surface area contributed by atoms with E-state index in [0.29, 0.717) is 5.69 Å². The van der Waals surface area contributed by atoms with Crippen molar-refractivity contribution in [3.05, 3.63) is 44.6 Å². The molecule has 3 rings (SSSR count). The third-order valence-electron chi connectivity index (χ3n) is 3.42. The van der Waals surface area contributed by atoms with Crippen LogP contribution in [0.1, 0.15) is 5.56 Å². The number of carbonyl (C=O) groups is 1. The van der Waals surface area contributed by atoms with E-state index in [1.165, 1.54) is 6.07 Å². The first-order valence-corrected chi connectivity index (χ1v) is 9.20. The van der Waals surface area contributed by atoms with Crippen LogP contribution in [0.4, 0.5) is 5.69 Å². The van der Waals surface area contributed by atoms with Gasteiger partial charge in [0.25, 0.3) is 10.0 Å². The molecule has 22 heavy (non-hydrogen) atoms. The van der Waals surface area contributed by atoms with Gasteiger partial charge < -0.3 is 5.73 Å². The summed E-state index contributed by atoms with van der Waals surface area (Å²) in [7, 11) is -4.03. The van der Waals surface area contributed by atoms with Crippen LogP contribution >= 0.6 is 34.5 Å². The lowest BCUT2D eigenvalue weighted by molar-refractivity contribution is -0.118. The van der Waals surface area contributed by atoms with Gasteiger partial charge in [-0.3, -0.25) is 9.10 Å². The number of hydrogen-bond donors (Lipinski definition) is 1. The summed E-state index contributed by atoms with van der Waals surface area (Å²) in [6.07, 6.45) is 0.236. The topological polar surface area (TPSA) is 80.5 Å². The quantitative estimate of drug-likeness (QED) is 0.893. The highest BCUT2D eigenvalue weighted by atomic mass is 35.5. The van der Waals surface area contributed by atoms with Gasteiger partial charge in [-0.05, 0) is 17.7 Å². The molecule has 0 saturated heterocycles. The van der Waals surface area contributed by atoms with Crippen LogP contribution in [-0.4, -0.2) is 20.4 Å². The summed E-state index contributed by atoms with van der Waals surface area (Å²) in [5.41, 5.74) is 6.56. The molecule has 1 aromatic carbocycles. The molecule has 0 unspecified atom stereocenters. The third kappa shape index (κ3) is 2.38. The van der Waals surface area contributed by atoms with Crippen molar-refractivity contribution < 1.29 is 13.2 Å². The zero-order valence-corrected chi connectivity index (χ0v) is 14.1. The number of halogens is 2. The molecule has 0 radical (unpaired) electrons. The Hall–Kier alpha value is -1.28. The second-order valence-corrected chi connectivity index (χ2v) is 8.81. The van der Waals surface area contributed by atoms with Crippen LogP contribution in [0.3, 0.4) is 0 Å². The Bertz CT molecular complexity index is 864. The molecule has 0 spiro atoms. The van der Waals surface area contributed by atoms with Crippen LogP contribution in [-0.2, 0) is 21.2 Å². The third-order valence-corrected chi connectivity index (χ3v) is 6.99. The van der Waals surface area contributed by atoms with Gasteiger partial charge in [-0.1, -0.05) is 41.4 Å². The van der Waals surface area contributed by atoms with Crippen molar-refractivity contribution in [1.29, 1.82) is 0 Å². The van der Waals surface area contributed by atoms with Crippen LogP contribution in [0, 0.1) is 0 Å². The van der Waals surface area contributed by atoms with E-state index in [1.54, 1.807) is 24.3 Å². The van der Waals surface area contributed by atoms with Gasteiger partial charge in [-0.2, -0.15) is 0 Å². The average Bonchev–Trinajstić information content (AvgIpc) is 2.99. The average molecular weight is 377 g/mol. The first-order chi connectivity index (χ1) is 10.3. The first kappa shape index (κ1) is 15.6. The van der Waals surface area contributed by atoms with E-state index in [4.69, 9.17) is 28.9 Å². The lowest BCUT2D eigenvalue weighted by atomic mass is 10.1. The zero-order valence-electron chi connectivity index (χ0n) is 11.0. The van der Waals surface area contributed by atoms with Gasteiger partial charge in [-0.25, -0.2) is 8.42 Å². The van der Waals surface area contributed by atoms with Crippen LogP contribution in [0.25, 0.3) is 0 Å². The summed E-state index contributed by atoms with van der Waals surface area (Å²) in [5, 5.41) is 0. The molecule has 5 nitrogen and oxygen atoms in total. The maximum Gasteiger partial charge on any atom is 0.267 e. The standard InChI is InChI=1S/C13H10Cl2N2O3S2/c14-11-6-10(12(15)21-11)22(19,20)17-8-4-2-1-3-7(8)5-9(17)13(16)18/h1-4,6,9H,5H2,(H2,16,18)/t9-/m0/s1. The summed E-state index contributed by atoms with van der Waals surface area (Å²) in [6, 6.07) is 7.19. The molecule has 2 aromatic rings. The van der Waals surface area contributed by atoms with Gasteiger partial charge in [0.2, 0.25) is 5.91 Å². The molecule has 1 amide bonds. The van der Waals surface area contributed by atoms with Gasteiger partial charge in [0.1, 0.15) is 15.3 Å². The number of thiophene rings is 1. The van der Waals surface area contributed by atoms with Gasteiger partial charge in [0.05, 0.1) is 10.0 Å². The van der Waals surface area contributed by atoms with Crippen molar-refractivity contribution in [3.8, 4) is 0 Å². The number of carbonyl (C=O) groups excluding carboxylic acids is 1. The largest absolute Gasteiger partial charge is 0.368 e. The van der Waals surface area contributed by atoms with Crippen molar-refractivity contribution in [2.75, 3.05) is 4.31 Å². The molecule has 0 fully saturated rings. The van der Waals surface area contributed by atoms with E-state index in [-0.39, 0.29) is 20.0 Å². The molecule has 0 saturated carbocycles. The van der Waals surface area contributed by atoms with E-state index in [0.717, 1.165) is 21.2 Å². The van der Waals surface area contributed by atoms with E-state index >= 15 is 0 Å². The van der Waals surface area contributed by atoms with Gasteiger partial charge in [0, 0.05) is 6.42 Å². The molecule has 9 heteroatoms. The Morgan fingerprint density at radius 1 is 1.32 bits per heavy atom. The Kier molecular flexibility index (Phi) is 3.84. The second-order valence-electron chi connectivity index (χ2n) is 4.74. The number of sulfonamides is 1. The normalized spacial score (nSPS) is 17.5. The highest BCUT2D eigenvalue weighted by Gasteiger charge is 2.42. The van der Waals surface area contributed by atoms with E-state index in [2.05, 4.69) is 0 Å². The molecule has 116 valence electrons. The molecule has 1 aromatic heterocycles. The first-order valence-electron chi connectivity index (χ1n) is 6.19. The van der Waals surface area contributed by atoms with E-state index in [1.807, 2.05) is 0 Å². The van der Waals surface area contributed by atoms with Crippen molar-refractivity contribution in [2.24, 2.45) is 5.73 Å². The predicted molar refractivity (Wildman–Crippen MR) is 87.1 cm³/mol. The molecule has 2 N–H and O–H groups in total.